The molecule has 1 atom stereocenters. The highest BCUT2D eigenvalue weighted by atomic mass is 19.1. The molecule has 152 valence electrons. The summed E-state index contributed by atoms with van der Waals surface area (Å²) in [6, 6.07) is 16.0. The molecule has 1 aliphatic rings. The standard InChI is InChI=1S/C24H21FN2O3/c1-15(16-6-3-2-4-7-16)26-23(29)20-14-19-21(8-5-9-22(19)28)27(24(20)30)18-12-10-17(25)11-13-18/h2-4,6-7,10-15H,5,8-9H2,1H3,(H,26,29)/t15-/m0/s1. The zero-order valence-electron chi connectivity index (χ0n) is 16.5. The lowest BCUT2D eigenvalue weighted by Crippen LogP contribution is -2.37. The van der Waals surface area contributed by atoms with E-state index in [0.29, 0.717) is 36.2 Å². The van der Waals surface area contributed by atoms with Gasteiger partial charge in [0.2, 0.25) is 0 Å². The van der Waals surface area contributed by atoms with E-state index in [0.717, 1.165) is 5.56 Å². The van der Waals surface area contributed by atoms with Crippen molar-refractivity contribution in [2.45, 2.75) is 32.2 Å². The fraction of sp³-hybridized carbons (Fsp3) is 0.208. The van der Waals surface area contributed by atoms with Crippen LogP contribution < -0.4 is 10.9 Å². The second-order valence-electron chi connectivity index (χ2n) is 7.42. The van der Waals surface area contributed by atoms with E-state index in [-0.39, 0.29) is 17.4 Å². The van der Waals surface area contributed by atoms with Gasteiger partial charge in [-0.1, -0.05) is 30.3 Å². The van der Waals surface area contributed by atoms with Crippen molar-refractivity contribution in [1.82, 2.24) is 9.88 Å². The van der Waals surface area contributed by atoms with E-state index in [2.05, 4.69) is 5.32 Å². The van der Waals surface area contributed by atoms with Crippen LogP contribution in [0, 0.1) is 5.82 Å². The van der Waals surface area contributed by atoms with Crippen molar-refractivity contribution in [3.05, 3.63) is 99.2 Å². The topological polar surface area (TPSA) is 68.2 Å². The first kappa shape index (κ1) is 19.8. The lowest BCUT2D eigenvalue weighted by atomic mass is 9.92. The Morgan fingerprint density at radius 1 is 1.03 bits per heavy atom. The molecule has 1 amide bonds. The van der Waals surface area contributed by atoms with Crippen LogP contribution in [0.4, 0.5) is 4.39 Å². The van der Waals surface area contributed by atoms with Crippen LogP contribution in [0.3, 0.4) is 0 Å². The molecule has 0 spiro atoms. The van der Waals surface area contributed by atoms with Crippen LogP contribution in [0.25, 0.3) is 5.69 Å². The first-order valence-electron chi connectivity index (χ1n) is 9.89. The number of amides is 1. The number of carbonyl (C=O) groups excluding carboxylic acids is 2. The average molecular weight is 404 g/mol. The molecule has 6 heteroatoms. The number of Topliss-reactive ketones (excluding diaryl/α,β-unsaturated/α-hetero) is 1. The van der Waals surface area contributed by atoms with Crippen molar-refractivity contribution >= 4 is 11.7 Å². The molecule has 0 saturated heterocycles. The van der Waals surface area contributed by atoms with Crippen LogP contribution >= 0.6 is 0 Å². The lowest BCUT2D eigenvalue weighted by molar-refractivity contribution is 0.0938. The Kier molecular flexibility index (Phi) is 5.31. The maximum Gasteiger partial charge on any atom is 0.268 e. The molecule has 0 fully saturated rings. The molecule has 4 rings (SSSR count). The minimum Gasteiger partial charge on any atom is -0.345 e. The minimum absolute atomic E-state index is 0.0998. The fourth-order valence-corrected chi connectivity index (χ4v) is 3.82. The summed E-state index contributed by atoms with van der Waals surface area (Å²) in [4.78, 5) is 38.8. The number of hydrogen-bond acceptors (Lipinski definition) is 3. The third-order valence-electron chi connectivity index (χ3n) is 5.40. The van der Waals surface area contributed by atoms with Gasteiger partial charge in [-0.15, -0.1) is 0 Å². The van der Waals surface area contributed by atoms with E-state index in [1.807, 2.05) is 37.3 Å². The molecule has 3 aromatic rings. The fourth-order valence-electron chi connectivity index (χ4n) is 3.82. The number of halogens is 1. The lowest BCUT2D eigenvalue weighted by Gasteiger charge is -2.22. The van der Waals surface area contributed by atoms with E-state index < -0.39 is 17.3 Å². The van der Waals surface area contributed by atoms with Crippen molar-refractivity contribution < 1.29 is 14.0 Å². The number of pyridine rings is 1. The van der Waals surface area contributed by atoms with Gasteiger partial charge in [-0.2, -0.15) is 0 Å². The molecule has 1 heterocycles. The van der Waals surface area contributed by atoms with Crippen LogP contribution in [0.15, 0.2) is 65.5 Å². The Labute approximate surface area is 173 Å². The van der Waals surface area contributed by atoms with Gasteiger partial charge < -0.3 is 5.32 Å². The van der Waals surface area contributed by atoms with Gasteiger partial charge in [0.05, 0.1) is 6.04 Å². The number of hydrogen-bond donors (Lipinski definition) is 1. The summed E-state index contributed by atoms with van der Waals surface area (Å²) in [6.07, 6.45) is 1.54. The smallest absolute Gasteiger partial charge is 0.268 e. The van der Waals surface area contributed by atoms with Gasteiger partial charge in [-0.25, -0.2) is 4.39 Å². The summed E-state index contributed by atoms with van der Waals surface area (Å²) in [7, 11) is 0. The Bertz CT molecular complexity index is 1170. The SMILES string of the molecule is C[C@H](NC(=O)c1cc2c(n(-c3ccc(F)cc3)c1=O)CCCC2=O)c1ccccc1. The van der Waals surface area contributed by atoms with Gasteiger partial charge in [0.1, 0.15) is 11.4 Å². The van der Waals surface area contributed by atoms with E-state index in [1.54, 1.807) is 0 Å². The normalized spacial score (nSPS) is 14.1. The highest BCUT2D eigenvalue weighted by molar-refractivity contribution is 6.02. The number of ketones is 1. The highest BCUT2D eigenvalue weighted by Gasteiger charge is 2.26. The van der Waals surface area contributed by atoms with E-state index in [1.165, 1.54) is 34.9 Å². The van der Waals surface area contributed by atoms with Gasteiger partial charge in [-0.05, 0) is 55.7 Å². The first-order chi connectivity index (χ1) is 14.5. The Morgan fingerprint density at radius 2 is 1.73 bits per heavy atom. The summed E-state index contributed by atoms with van der Waals surface area (Å²) >= 11 is 0. The molecule has 5 nitrogen and oxygen atoms in total. The van der Waals surface area contributed by atoms with Crippen molar-refractivity contribution in [1.29, 1.82) is 0 Å². The summed E-state index contributed by atoms with van der Waals surface area (Å²) in [5.74, 6) is -1.08. The predicted octanol–water partition coefficient (Wildman–Crippen LogP) is 3.99. The molecule has 0 unspecified atom stereocenters. The van der Waals surface area contributed by atoms with Crippen LogP contribution in [0.2, 0.25) is 0 Å². The monoisotopic (exact) mass is 404 g/mol. The molecule has 0 bridgehead atoms. The number of benzene rings is 2. The Balaban J connectivity index is 1.80. The van der Waals surface area contributed by atoms with Gasteiger partial charge in [0.25, 0.3) is 11.5 Å². The summed E-state index contributed by atoms with van der Waals surface area (Å²) in [5, 5.41) is 2.84. The zero-order valence-corrected chi connectivity index (χ0v) is 16.5. The van der Waals surface area contributed by atoms with Gasteiger partial charge >= 0.3 is 0 Å². The average Bonchev–Trinajstić information content (AvgIpc) is 2.75. The second-order valence-corrected chi connectivity index (χ2v) is 7.42. The summed E-state index contributed by atoms with van der Waals surface area (Å²) < 4.78 is 14.8. The van der Waals surface area contributed by atoms with Gasteiger partial charge in [0, 0.05) is 23.4 Å². The van der Waals surface area contributed by atoms with Crippen LogP contribution in [-0.2, 0) is 6.42 Å². The summed E-state index contributed by atoms with van der Waals surface area (Å²) in [5.41, 5.74) is 1.65. The van der Waals surface area contributed by atoms with Crippen molar-refractivity contribution in [3.8, 4) is 5.69 Å². The molecule has 1 aromatic heterocycles. The molecule has 1 N–H and O–H groups in total. The van der Waals surface area contributed by atoms with Gasteiger partial charge in [-0.3, -0.25) is 19.0 Å². The van der Waals surface area contributed by atoms with E-state index in [4.69, 9.17) is 0 Å². The summed E-state index contributed by atoms with van der Waals surface area (Å²) in [6.45, 7) is 1.83. The maximum atomic E-state index is 13.4. The molecular weight excluding hydrogens is 383 g/mol. The molecule has 0 saturated carbocycles. The number of nitrogens with one attached hydrogen (secondary N) is 1. The van der Waals surface area contributed by atoms with Gasteiger partial charge in [0.15, 0.2) is 5.78 Å². The van der Waals surface area contributed by atoms with E-state index >= 15 is 0 Å². The minimum atomic E-state index is -0.548. The second kappa shape index (κ2) is 8.06. The highest BCUT2D eigenvalue weighted by Crippen LogP contribution is 2.24. The first-order valence-corrected chi connectivity index (χ1v) is 9.89. The number of carbonyl (C=O) groups is 2. The number of aromatic nitrogens is 1. The number of nitrogens with zero attached hydrogens (tertiary/aromatic N) is 1. The largest absolute Gasteiger partial charge is 0.345 e. The zero-order chi connectivity index (χ0) is 21.3. The molecule has 2 aromatic carbocycles. The quantitative estimate of drug-likeness (QED) is 0.715. The molecule has 0 aliphatic heterocycles. The van der Waals surface area contributed by atoms with Crippen molar-refractivity contribution in [3.63, 3.8) is 0 Å². The predicted molar refractivity (Wildman–Crippen MR) is 112 cm³/mol. The number of rotatable bonds is 4. The van der Waals surface area contributed by atoms with E-state index in [9.17, 15) is 18.8 Å². The van der Waals surface area contributed by atoms with Crippen molar-refractivity contribution in [2.75, 3.05) is 0 Å². The third-order valence-corrected chi connectivity index (χ3v) is 5.40. The molecule has 30 heavy (non-hydrogen) atoms. The van der Waals surface area contributed by atoms with Crippen LogP contribution in [-0.4, -0.2) is 16.3 Å². The maximum absolute atomic E-state index is 13.4. The Morgan fingerprint density at radius 3 is 2.43 bits per heavy atom. The molecule has 0 radical (unpaired) electrons. The molecule has 1 aliphatic carbocycles. The van der Waals surface area contributed by atoms with Crippen LogP contribution in [0.1, 0.15) is 57.8 Å². The number of fused-ring (bicyclic) bond motifs is 1. The third kappa shape index (κ3) is 3.68. The molecular formula is C24H21FN2O3. The van der Waals surface area contributed by atoms with Crippen LogP contribution in [0.5, 0.6) is 0 Å². The Hall–Kier alpha value is -3.54. The van der Waals surface area contributed by atoms with Crippen molar-refractivity contribution in [2.24, 2.45) is 0 Å².